The molecule has 1 aliphatic heterocycles. The van der Waals surface area contributed by atoms with E-state index in [0.29, 0.717) is 6.79 Å². The Morgan fingerprint density at radius 3 is 2.60 bits per heavy atom. The van der Waals surface area contributed by atoms with E-state index in [1.54, 1.807) is 0 Å². The molecule has 0 fully saturated rings. The zero-order valence-electron chi connectivity index (χ0n) is 11.8. The van der Waals surface area contributed by atoms with Crippen molar-refractivity contribution in [2.24, 2.45) is 0 Å². The summed E-state index contributed by atoms with van der Waals surface area (Å²) in [6, 6.07) is 15.0. The van der Waals surface area contributed by atoms with Crippen LogP contribution in [0.3, 0.4) is 0 Å². The first-order valence-electron chi connectivity index (χ1n) is 6.91. The van der Waals surface area contributed by atoms with Gasteiger partial charge in [0.25, 0.3) is 0 Å². The van der Waals surface area contributed by atoms with Crippen LogP contribution in [0.2, 0.25) is 0 Å². The normalized spacial score (nSPS) is 14.3. The molecule has 0 bridgehead atoms. The second kappa shape index (κ2) is 5.55. The predicted molar refractivity (Wildman–Crippen MR) is 79.0 cm³/mol. The van der Waals surface area contributed by atoms with E-state index in [0.717, 1.165) is 18.0 Å². The first-order chi connectivity index (χ1) is 9.72. The molecule has 1 unspecified atom stereocenters. The average Bonchev–Trinajstić information content (AvgIpc) is 2.93. The van der Waals surface area contributed by atoms with Crippen LogP contribution in [0.25, 0.3) is 0 Å². The summed E-state index contributed by atoms with van der Waals surface area (Å²) in [5, 5.41) is 3.53. The van der Waals surface area contributed by atoms with Crippen LogP contribution in [-0.4, -0.2) is 6.79 Å². The molecule has 3 nitrogen and oxygen atoms in total. The quantitative estimate of drug-likeness (QED) is 0.920. The van der Waals surface area contributed by atoms with Crippen LogP contribution >= 0.6 is 0 Å². The molecule has 3 rings (SSSR count). The third kappa shape index (κ3) is 2.78. The topological polar surface area (TPSA) is 30.5 Å². The van der Waals surface area contributed by atoms with E-state index < -0.39 is 0 Å². The molecule has 3 heteroatoms. The van der Waals surface area contributed by atoms with E-state index in [4.69, 9.17) is 9.47 Å². The Kier molecular flexibility index (Phi) is 3.61. The van der Waals surface area contributed by atoms with Crippen LogP contribution in [0.4, 0.5) is 0 Å². The van der Waals surface area contributed by atoms with Crippen molar-refractivity contribution in [2.45, 2.75) is 26.4 Å². The first kappa shape index (κ1) is 13.0. The molecule has 0 saturated heterocycles. The van der Waals surface area contributed by atoms with Gasteiger partial charge in [-0.05, 0) is 37.1 Å². The maximum absolute atomic E-state index is 5.42. The molecule has 1 heterocycles. The first-order valence-corrected chi connectivity index (χ1v) is 6.91. The van der Waals surface area contributed by atoms with Gasteiger partial charge < -0.3 is 14.8 Å². The third-order valence-electron chi connectivity index (χ3n) is 3.63. The minimum absolute atomic E-state index is 0.269. The summed E-state index contributed by atoms with van der Waals surface area (Å²) in [4.78, 5) is 0. The van der Waals surface area contributed by atoms with Crippen molar-refractivity contribution in [1.29, 1.82) is 0 Å². The molecule has 2 aromatic rings. The fourth-order valence-corrected chi connectivity index (χ4v) is 2.28. The lowest BCUT2D eigenvalue weighted by atomic mass is 10.1. The standard InChI is InChI=1S/C17H19NO2/c1-12-3-5-14(6-4-12)10-18-13(2)15-7-8-16-17(9-15)20-11-19-16/h3-9,13,18H,10-11H2,1-2H3. The van der Waals surface area contributed by atoms with Gasteiger partial charge in [0, 0.05) is 12.6 Å². The SMILES string of the molecule is Cc1ccc(CNC(C)c2ccc3c(c2)OCO3)cc1. The van der Waals surface area contributed by atoms with Gasteiger partial charge in [0.15, 0.2) is 11.5 Å². The number of hydrogen-bond acceptors (Lipinski definition) is 3. The van der Waals surface area contributed by atoms with E-state index in [1.807, 2.05) is 6.07 Å². The van der Waals surface area contributed by atoms with E-state index in [1.165, 1.54) is 16.7 Å². The van der Waals surface area contributed by atoms with Gasteiger partial charge >= 0.3 is 0 Å². The summed E-state index contributed by atoms with van der Waals surface area (Å²) in [6.45, 7) is 5.44. The zero-order chi connectivity index (χ0) is 13.9. The molecular formula is C17H19NO2. The second-order valence-electron chi connectivity index (χ2n) is 5.20. The highest BCUT2D eigenvalue weighted by Crippen LogP contribution is 2.34. The van der Waals surface area contributed by atoms with Crippen molar-refractivity contribution in [3.05, 3.63) is 59.2 Å². The molecule has 0 aromatic heterocycles. The van der Waals surface area contributed by atoms with Crippen LogP contribution in [0.1, 0.15) is 29.7 Å². The Balaban J connectivity index is 1.64. The largest absolute Gasteiger partial charge is 0.454 e. The van der Waals surface area contributed by atoms with E-state index >= 15 is 0 Å². The fraction of sp³-hybridized carbons (Fsp3) is 0.294. The molecule has 1 N–H and O–H groups in total. The number of fused-ring (bicyclic) bond motifs is 1. The summed E-state index contributed by atoms with van der Waals surface area (Å²) in [5.41, 5.74) is 3.79. The highest BCUT2D eigenvalue weighted by Gasteiger charge is 2.15. The molecule has 1 aliphatic rings. The lowest BCUT2D eigenvalue weighted by molar-refractivity contribution is 0.174. The Labute approximate surface area is 119 Å². The Morgan fingerprint density at radius 2 is 1.80 bits per heavy atom. The summed E-state index contributed by atoms with van der Waals surface area (Å²) in [7, 11) is 0. The van der Waals surface area contributed by atoms with Gasteiger partial charge in [-0.1, -0.05) is 35.9 Å². The molecule has 1 atom stereocenters. The van der Waals surface area contributed by atoms with Crippen molar-refractivity contribution >= 4 is 0 Å². The van der Waals surface area contributed by atoms with Gasteiger partial charge in [-0.15, -0.1) is 0 Å². The lowest BCUT2D eigenvalue weighted by Gasteiger charge is -2.15. The molecule has 104 valence electrons. The van der Waals surface area contributed by atoms with Gasteiger partial charge in [0.05, 0.1) is 0 Å². The minimum Gasteiger partial charge on any atom is -0.454 e. The Hall–Kier alpha value is -2.00. The molecule has 0 aliphatic carbocycles. The summed E-state index contributed by atoms with van der Waals surface area (Å²) >= 11 is 0. The number of benzene rings is 2. The molecule has 2 aromatic carbocycles. The molecule has 0 saturated carbocycles. The van der Waals surface area contributed by atoms with Gasteiger partial charge in [-0.3, -0.25) is 0 Å². The molecule has 0 spiro atoms. The minimum atomic E-state index is 0.269. The average molecular weight is 269 g/mol. The molecule has 20 heavy (non-hydrogen) atoms. The highest BCUT2D eigenvalue weighted by atomic mass is 16.7. The molecule has 0 radical (unpaired) electrons. The van der Waals surface area contributed by atoms with Gasteiger partial charge in [0.2, 0.25) is 6.79 Å². The van der Waals surface area contributed by atoms with Gasteiger partial charge in [-0.25, -0.2) is 0 Å². The molecule has 0 amide bonds. The predicted octanol–water partition coefficient (Wildman–Crippen LogP) is 3.57. The van der Waals surface area contributed by atoms with Crippen molar-refractivity contribution in [3.63, 3.8) is 0 Å². The van der Waals surface area contributed by atoms with Crippen molar-refractivity contribution in [1.82, 2.24) is 5.32 Å². The van der Waals surface area contributed by atoms with Crippen molar-refractivity contribution < 1.29 is 9.47 Å². The third-order valence-corrected chi connectivity index (χ3v) is 3.63. The van der Waals surface area contributed by atoms with Crippen LogP contribution in [0.5, 0.6) is 11.5 Å². The van der Waals surface area contributed by atoms with Crippen LogP contribution in [-0.2, 0) is 6.54 Å². The zero-order valence-corrected chi connectivity index (χ0v) is 11.8. The highest BCUT2D eigenvalue weighted by molar-refractivity contribution is 5.45. The Morgan fingerprint density at radius 1 is 1.05 bits per heavy atom. The number of hydrogen-bond donors (Lipinski definition) is 1. The van der Waals surface area contributed by atoms with Gasteiger partial charge in [-0.2, -0.15) is 0 Å². The van der Waals surface area contributed by atoms with Crippen LogP contribution in [0, 0.1) is 6.92 Å². The van der Waals surface area contributed by atoms with E-state index in [2.05, 4.69) is 55.6 Å². The van der Waals surface area contributed by atoms with Gasteiger partial charge in [0.1, 0.15) is 0 Å². The van der Waals surface area contributed by atoms with E-state index in [-0.39, 0.29) is 6.04 Å². The van der Waals surface area contributed by atoms with Crippen LogP contribution < -0.4 is 14.8 Å². The maximum Gasteiger partial charge on any atom is 0.231 e. The lowest BCUT2D eigenvalue weighted by Crippen LogP contribution is -2.18. The Bertz CT molecular complexity index is 592. The van der Waals surface area contributed by atoms with E-state index in [9.17, 15) is 0 Å². The summed E-state index contributed by atoms with van der Waals surface area (Å²) in [6.07, 6.45) is 0. The van der Waals surface area contributed by atoms with Crippen molar-refractivity contribution in [3.8, 4) is 11.5 Å². The second-order valence-corrected chi connectivity index (χ2v) is 5.20. The summed E-state index contributed by atoms with van der Waals surface area (Å²) < 4.78 is 10.7. The monoisotopic (exact) mass is 269 g/mol. The summed E-state index contributed by atoms with van der Waals surface area (Å²) in [5.74, 6) is 1.67. The molecular weight excluding hydrogens is 250 g/mol. The van der Waals surface area contributed by atoms with Crippen LogP contribution in [0.15, 0.2) is 42.5 Å². The number of aryl methyl sites for hydroxylation is 1. The maximum atomic E-state index is 5.42. The number of rotatable bonds is 4. The fourth-order valence-electron chi connectivity index (χ4n) is 2.28. The smallest absolute Gasteiger partial charge is 0.231 e. The number of nitrogens with one attached hydrogen (secondary N) is 1. The number of ether oxygens (including phenoxy) is 2. The van der Waals surface area contributed by atoms with Crippen molar-refractivity contribution in [2.75, 3.05) is 6.79 Å².